The van der Waals surface area contributed by atoms with Gasteiger partial charge >= 0.3 is 6.09 Å². The lowest BCUT2D eigenvalue weighted by molar-refractivity contribution is 0.135. The third-order valence-electron chi connectivity index (χ3n) is 3.59. The van der Waals surface area contributed by atoms with Crippen LogP contribution in [0.1, 0.15) is 36.4 Å². The second-order valence-electron chi connectivity index (χ2n) is 5.41. The molecule has 4 heteroatoms. The van der Waals surface area contributed by atoms with Crippen molar-refractivity contribution in [1.29, 1.82) is 0 Å². The van der Waals surface area contributed by atoms with Crippen LogP contribution in [-0.4, -0.2) is 6.09 Å². The number of amides is 1. The third-order valence-corrected chi connectivity index (χ3v) is 4.12. The Bertz CT molecular complexity index is 677. The van der Waals surface area contributed by atoms with Crippen LogP contribution in [0, 0.1) is 12.3 Å². The molecule has 0 aliphatic rings. The van der Waals surface area contributed by atoms with Crippen molar-refractivity contribution in [3.8, 4) is 12.3 Å². The zero-order chi connectivity index (χ0) is 17.2. The number of unbranched alkanes of at least 4 members (excludes halogenated alkanes) is 1. The maximum Gasteiger partial charge on any atom is 0.407 e. The molecule has 1 unspecified atom stereocenters. The highest BCUT2D eigenvalue weighted by atomic mass is 79.9. The van der Waals surface area contributed by atoms with Crippen molar-refractivity contribution < 1.29 is 9.53 Å². The minimum absolute atomic E-state index is 0.116. The Balaban J connectivity index is 1.94. The number of terminal acetylenes is 1. The van der Waals surface area contributed by atoms with Gasteiger partial charge in [-0.15, -0.1) is 12.3 Å². The Labute approximate surface area is 151 Å². The van der Waals surface area contributed by atoms with Crippen LogP contribution < -0.4 is 5.32 Å². The summed E-state index contributed by atoms with van der Waals surface area (Å²) in [6.45, 7) is 0.254. The smallest absolute Gasteiger partial charge is 0.407 e. The summed E-state index contributed by atoms with van der Waals surface area (Å²) >= 11 is 3.42. The molecule has 2 aromatic carbocycles. The van der Waals surface area contributed by atoms with E-state index in [9.17, 15) is 4.79 Å². The van der Waals surface area contributed by atoms with Gasteiger partial charge in [0.15, 0.2) is 0 Å². The van der Waals surface area contributed by atoms with Gasteiger partial charge in [-0.2, -0.15) is 0 Å². The van der Waals surface area contributed by atoms with Gasteiger partial charge in [-0.05, 0) is 36.1 Å². The molecule has 0 aliphatic heterocycles. The van der Waals surface area contributed by atoms with Gasteiger partial charge in [-0.25, -0.2) is 4.79 Å². The molecule has 2 rings (SSSR count). The van der Waals surface area contributed by atoms with Crippen molar-refractivity contribution >= 4 is 22.0 Å². The molecule has 2 aromatic rings. The molecule has 3 nitrogen and oxygen atoms in total. The molecule has 0 aromatic heterocycles. The Hall–Kier alpha value is -2.25. The zero-order valence-corrected chi connectivity index (χ0v) is 15.0. The number of hydrogen-bond donors (Lipinski definition) is 1. The van der Waals surface area contributed by atoms with Crippen LogP contribution in [0.3, 0.4) is 0 Å². The molecule has 24 heavy (non-hydrogen) atoms. The van der Waals surface area contributed by atoms with Gasteiger partial charge in [0.25, 0.3) is 0 Å². The van der Waals surface area contributed by atoms with E-state index in [0.717, 1.165) is 28.4 Å². The number of hydrogen-bond acceptors (Lipinski definition) is 2. The molecule has 0 fully saturated rings. The fourth-order valence-electron chi connectivity index (χ4n) is 2.33. The van der Waals surface area contributed by atoms with Crippen LogP contribution in [0.5, 0.6) is 0 Å². The molecule has 0 saturated heterocycles. The summed E-state index contributed by atoms with van der Waals surface area (Å²) in [5.74, 6) is 2.63. The number of rotatable bonds is 7. The third kappa shape index (κ3) is 6.10. The largest absolute Gasteiger partial charge is 0.445 e. The molecule has 1 atom stereocenters. The van der Waals surface area contributed by atoms with E-state index in [1.807, 2.05) is 54.6 Å². The minimum atomic E-state index is -0.424. The van der Waals surface area contributed by atoms with Gasteiger partial charge in [0.2, 0.25) is 0 Å². The Kier molecular flexibility index (Phi) is 7.38. The van der Waals surface area contributed by atoms with Gasteiger partial charge in [0.05, 0.1) is 6.04 Å². The predicted octanol–water partition coefficient (Wildman–Crippen LogP) is 5.22. The van der Waals surface area contributed by atoms with Gasteiger partial charge in [-0.1, -0.05) is 58.4 Å². The highest BCUT2D eigenvalue weighted by Crippen LogP contribution is 2.22. The van der Waals surface area contributed by atoms with Crippen molar-refractivity contribution in [2.45, 2.75) is 31.9 Å². The fourth-order valence-corrected chi connectivity index (χ4v) is 2.60. The van der Waals surface area contributed by atoms with E-state index in [1.165, 1.54) is 0 Å². The van der Waals surface area contributed by atoms with Gasteiger partial charge < -0.3 is 10.1 Å². The van der Waals surface area contributed by atoms with Crippen LogP contribution in [0.25, 0.3) is 0 Å². The first-order chi connectivity index (χ1) is 11.7. The van der Waals surface area contributed by atoms with E-state index in [0.29, 0.717) is 6.42 Å². The molecule has 0 spiro atoms. The number of carbonyl (C=O) groups excluding carboxylic acids is 1. The molecule has 0 aliphatic carbocycles. The lowest BCUT2D eigenvalue weighted by Crippen LogP contribution is -2.29. The van der Waals surface area contributed by atoms with E-state index in [4.69, 9.17) is 11.2 Å². The average Bonchev–Trinajstić information content (AvgIpc) is 2.61. The average molecular weight is 386 g/mol. The zero-order valence-electron chi connectivity index (χ0n) is 13.4. The lowest BCUT2D eigenvalue weighted by Gasteiger charge is -2.19. The molecular formula is C20H20BrNO2. The quantitative estimate of drug-likeness (QED) is 0.523. The number of benzene rings is 2. The van der Waals surface area contributed by atoms with E-state index in [2.05, 4.69) is 27.2 Å². The highest BCUT2D eigenvalue weighted by Gasteiger charge is 2.15. The maximum atomic E-state index is 12.1. The molecule has 1 N–H and O–H groups in total. The van der Waals surface area contributed by atoms with E-state index < -0.39 is 6.09 Å². The molecule has 0 bridgehead atoms. The predicted molar refractivity (Wildman–Crippen MR) is 99.3 cm³/mol. The molecule has 0 saturated carbocycles. The molecule has 0 radical (unpaired) electrons. The highest BCUT2D eigenvalue weighted by molar-refractivity contribution is 9.10. The Morgan fingerprint density at radius 1 is 1.17 bits per heavy atom. The summed E-state index contributed by atoms with van der Waals surface area (Å²) in [5.41, 5.74) is 1.99. The first-order valence-corrected chi connectivity index (χ1v) is 8.64. The molecule has 0 heterocycles. The van der Waals surface area contributed by atoms with Crippen LogP contribution in [0.4, 0.5) is 4.79 Å². The first kappa shape index (κ1) is 18.1. The summed E-state index contributed by atoms with van der Waals surface area (Å²) in [6.07, 6.45) is 7.20. The van der Waals surface area contributed by atoms with Crippen LogP contribution in [0.15, 0.2) is 59.1 Å². The Morgan fingerprint density at radius 3 is 2.54 bits per heavy atom. The summed E-state index contributed by atoms with van der Waals surface area (Å²) in [6, 6.07) is 17.4. The van der Waals surface area contributed by atoms with E-state index >= 15 is 0 Å². The second-order valence-corrected chi connectivity index (χ2v) is 6.32. The summed E-state index contributed by atoms with van der Waals surface area (Å²) in [5, 5.41) is 2.94. The molecular weight excluding hydrogens is 366 g/mol. The normalized spacial score (nSPS) is 11.3. The van der Waals surface area contributed by atoms with Crippen molar-refractivity contribution in [2.24, 2.45) is 0 Å². The van der Waals surface area contributed by atoms with Gasteiger partial charge in [0.1, 0.15) is 6.61 Å². The van der Waals surface area contributed by atoms with Crippen molar-refractivity contribution in [2.75, 3.05) is 0 Å². The van der Waals surface area contributed by atoms with Crippen molar-refractivity contribution in [1.82, 2.24) is 5.32 Å². The number of nitrogens with one attached hydrogen (secondary N) is 1. The van der Waals surface area contributed by atoms with E-state index in [-0.39, 0.29) is 12.6 Å². The first-order valence-electron chi connectivity index (χ1n) is 7.85. The van der Waals surface area contributed by atoms with Crippen LogP contribution in [-0.2, 0) is 11.3 Å². The lowest BCUT2D eigenvalue weighted by atomic mass is 10.0. The van der Waals surface area contributed by atoms with Crippen molar-refractivity contribution in [3.05, 3.63) is 70.2 Å². The summed E-state index contributed by atoms with van der Waals surface area (Å²) in [4.78, 5) is 12.1. The van der Waals surface area contributed by atoms with Crippen LogP contribution >= 0.6 is 15.9 Å². The number of halogens is 1. The van der Waals surface area contributed by atoms with E-state index in [1.54, 1.807) is 0 Å². The van der Waals surface area contributed by atoms with Gasteiger partial charge in [-0.3, -0.25) is 0 Å². The topological polar surface area (TPSA) is 38.3 Å². The van der Waals surface area contributed by atoms with Crippen LogP contribution in [0.2, 0.25) is 0 Å². The minimum Gasteiger partial charge on any atom is -0.445 e. The molecule has 124 valence electrons. The summed E-state index contributed by atoms with van der Waals surface area (Å²) < 4.78 is 6.31. The Morgan fingerprint density at radius 2 is 1.88 bits per heavy atom. The summed E-state index contributed by atoms with van der Waals surface area (Å²) in [7, 11) is 0. The van der Waals surface area contributed by atoms with Gasteiger partial charge in [0, 0.05) is 10.9 Å². The fraction of sp³-hybridized carbons (Fsp3) is 0.250. The SMILES string of the molecule is C#CCCCC(NC(=O)OCc1ccccc1)c1ccc(Br)cc1. The molecule has 1 amide bonds. The second kappa shape index (κ2) is 9.79. The maximum absolute atomic E-state index is 12.1. The number of ether oxygens (including phenoxy) is 1. The number of carbonyl (C=O) groups is 1. The standard InChI is InChI=1S/C20H20BrNO2/c1-2-3-5-10-19(17-11-13-18(21)14-12-17)22-20(23)24-15-16-8-6-4-7-9-16/h1,4,6-9,11-14,19H,3,5,10,15H2,(H,22,23). The number of alkyl carbamates (subject to hydrolysis) is 1. The monoisotopic (exact) mass is 385 g/mol. The van der Waals surface area contributed by atoms with Crippen molar-refractivity contribution in [3.63, 3.8) is 0 Å².